The van der Waals surface area contributed by atoms with E-state index in [1.807, 2.05) is 14.1 Å². The van der Waals surface area contributed by atoms with Gasteiger partial charge in [0.15, 0.2) is 0 Å². The number of anilines is 2. The fourth-order valence-corrected chi connectivity index (χ4v) is 5.63. The van der Waals surface area contributed by atoms with Crippen molar-refractivity contribution in [1.82, 2.24) is 4.90 Å². The molecule has 0 saturated heterocycles. The second kappa shape index (κ2) is 6.23. The molecule has 6 heteroatoms. The van der Waals surface area contributed by atoms with Crippen LogP contribution in [0.1, 0.15) is 41.8 Å². The van der Waals surface area contributed by atoms with E-state index >= 15 is 0 Å². The van der Waals surface area contributed by atoms with Crippen LogP contribution < -0.4 is 10.2 Å². The Kier molecular flexibility index (Phi) is 4.21. The zero-order valence-electron chi connectivity index (χ0n) is 14.1. The van der Waals surface area contributed by atoms with Crippen molar-refractivity contribution < 1.29 is 4.79 Å². The minimum absolute atomic E-state index is 0.202. The van der Waals surface area contributed by atoms with Gasteiger partial charge in [0, 0.05) is 35.7 Å². The molecule has 128 valence electrons. The van der Waals surface area contributed by atoms with E-state index in [0.717, 1.165) is 43.7 Å². The third-order valence-electron chi connectivity index (χ3n) is 5.15. The molecule has 1 saturated carbocycles. The first kappa shape index (κ1) is 16.2. The van der Waals surface area contributed by atoms with Gasteiger partial charge in [-0.1, -0.05) is 19.3 Å². The van der Waals surface area contributed by atoms with Crippen LogP contribution in [0.25, 0.3) is 10.1 Å². The van der Waals surface area contributed by atoms with Crippen LogP contribution in [-0.2, 0) is 0 Å². The highest BCUT2D eigenvalue weighted by atomic mass is 79.9. The first-order valence-electron chi connectivity index (χ1n) is 8.55. The van der Waals surface area contributed by atoms with Crippen molar-refractivity contribution in [2.45, 2.75) is 38.1 Å². The average molecular weight is 408 g/mol. The predicted octanol–water partition coefficient (Wildman–Crippen LogP) is 4.89. The van der Waals surface area contributed by atoms with E-state index < -0.39 is 0 Å². The summed E-state index contributed by atoms with van der Waals surface area (Å²) in [7, 11) is 4.09. The second-order valence-electron chi connectivity index (χ2n) is 6.87. The van der Waals surface area contributed by atoms with Gasteiger partial charge >= 0.3 is 0 Å². The Balaban J connectivity index is 1.80. The molecule has 0 radical (unpaired) electrons. The van der Waals surface area contributed by atoms with E-state index in [0.29, 0.717) is 12.7 Å². The Morgan fingerprint density at radius 3 is 2.71 bits per heavy atom. The van der Waals surface area contributed by atoms with Crippen LogP contribution in [0.4, 0.5) is 11.4 Å². The largest absolute Gasteiger partial charge is 0.377 e. The molecular weight excluding hydrogens is 386 g/mol. The molecule has 1 amide bonds. The van der Waals surface area contributed by atoms with Crippen LogP contribution in [0.15, 0.2) is 16.6 Å². The average Bonchev–Trinajstić information content (AvgIpc) is 2.98. The number of carbonyl (C=O) groups excluding carboxylic acids is 1. The number of rotatable bonds is 2. The minimum Gasteiger partial charge on any atom is -0.377 e. The zero-order chi connectivity index (χ0) is 16.8. The zero-order valence-corrected chi connectivity index (χ0v) is 16.5. The summed E-state index contributed by atoms with van der Waals surface area (Å²) in [6, 6.07) is 4.58. The summed E-state index contributed by atoms with van der Waals surface area (Å²) in [5.41, 5.74) is 2.16. The van der Waals surface area contributed by atoms with E-state index in [4.69, 9.17) is 0 Å². The van der Waals surface area contributed by atoms with Crippen LogP contribution in [0.3, 0.4) is 0 Å². The van der Waals surface area contributed by atoms with Gasteiger partial charge in [-0.2, -0.15) is 0 Å². The molecule has 0 atom stereocenters. The summed E-state index contributed by atoms with van der Waals surface area (Å²) in [5.74, 6) is 0.202. The normalized spacial score (nSPS) is 18.6. The van der Waals surface area contributed by atoms with Crippen molar-refractivity contribution in [3.8, 4) is 0 Å². The molecule has 2 heterocycles. The molecule has 1 aromatic heterocycles. The Morgan fingerprint density at radius 2 is 2.00 bits per heavy atom. The van der Waals surface area contributed by atoms with Gasteiger partial charge in [-0.05, 0) is 40.9 Å². The van der Waals surface area contributed by atoms with Gasteiger partial charge < -0.3 is 15.1 Å². The second-order valence-corrected chi connectivity index (χ2v) is 8.75. The molecule has 1 fully saturated rings. The number of carbonyl (C=O) groups is 1. The summed E-state index contributed by atoms with van der Waals surface area (Å²) in [5, 5.41) is 4.71. The molecule has 4 rings (SSSR count). The Bertz CT molecular complexity index is 795. The first-order valence-corrected chi connectivity index (χ1v) is 10.2. The molecule has 2 aliphatic rings. The molecule has 2 aromatic rings. The van der Waals surface area contributed by atoms with Crippen molar-refractivity contribution in [2.75, 3.05) is 31.0 Å². The fraction of sp³-hybridized carbons (Fsp3) is 0.500. The molecule has 1 aromatic carbocycles. The van der Waals surface area contributed by atoms with Crippen LogP contribution in [-0.4, -0.2) is 37.6 Å². The lowest BCUT2D eigenvalue weighted by atomic mass is 9.94. The Hall–Kier alpha value is -1.27. The van der Waals surface area contributed by atoms with Gasteiger partial charge in [0.1, 0.15) is 4.88 Å². The molecule has 0 spiro atoms. The molecule has 1 aliphatic heterocycles. The highest BCUT2D eigenvalue weighted by molar-refractivity contribution is 9.10. The van der Waals surface area contributed by atoms with Crippen LogP contribution in [0.5, 0.6) is 0 Å². The van der Waals surface area contributed by atoms with Crippen molar-refractivity contribution in [2.24, 2.45) is 0 Å². The SMILES string of the molecule is CN(C)c1ccc(Br)c2sc3c(c12)NCN(C1CCCCC1)C3=O. The number of fused-ring (bicyclic) bond motifs is 3. The number of thiophene rings is 1. The maximum atomic E-state index is 13.1. The van der Waals surface area contributed by atoms with Crippen LogP contribution >= 0.6 is 27.3 Å². The number of hydrogen-bond acceptors (Lipinski definition) is 4. The van der Waals surface area contributed by atoms with Crippen molar-refractivity contribution >= 4 is 54.6 Å². The van der Waals surface area contributed by atoms with Gasteiger partial charge in [0.25, 0.3) is 5.91 Å². The summed E-state index contributed by atoms with van der Waals surface area (Å²) in [6.45, 7) is 0.627. The van der Waals surface area contributed by atoms with Crippen LogP contribution in [0, 0.1) is 0 Å². The number of nitrogens with one attached hydrogen (secondary N) is 1. The summed E-state index contributed by atoms with van der Waals surface area (Å²) >= 11 is 5.26. The van der Waals surface area contributed by atoms with Gasteiger partial charge in [-0.25, -0.2) is 0 Å². The molecule has 0 bridgehead atoms. The van der Waals surface area contributed by atoms with Crippen LogP contribution in [0.2, 0.25) is 0 Å². The minimum atomic E-state index is 0.202. The van der Waals surface area contributed by atoms with Gasteiger partial charge in [-0.3, -0.25) is 4.79 Å². The number of halogens is 1. The number of nitrogens with zero attached hydrogens (tertiary/aromatic N) is 2. The van der Waals surface area contributed by atoms with Crippen molar-refractivity contribution in [1.29, 1.82) is 0 Å². The van der Waals surface area contributed by atoms with Crippen molar-refractivity contribution in [3.05, 3.63) is 21.5 Å². The monoisotopic (exact) mass is 407 g/mol. The van der Waals surface area contributed by atoms with E-state index in [2.05, 4.69) is 43.2 Å². The lowest BCUT2D eigenvalue weighted by Gasteiger charge is -2.37. The third-order valence-corrected chi connectivity index (χ3v) is 7.28. The molecule has 0 unspecified atom stereocenters. The maximum absolute atomic E-state index is 13.1. The van der Waals surface area contributed by atoms with E-state index in [1.165, 1.54) is 19.3 Å². The quantitative estimate of drug-likeness (QED) is 0.769. The topological polar surface area (TPSA) is 35.6 Å². The molecular formula is C18H22BrN3OS. The lowest BCUT2D eigenvalue weighted by Crippen LogP contribution is -2.46. The molecule has 1 aliphatic carbocycles. The lowest BCUT2D eigenvalue weighted by molar-refractivity contribution is 0.0647. The number of hydrogen-bond donors (Lipinski definition) is 1. The van der Waals surface area contributed by atoms with E-state index in [-0.39, 0.29) is 5.91 Å². The number of benzene rings is 1. The highest BCUT2D eigenvalue weighted by Crippen LogP contribution is 2.46. The molecule has 1 N–H and O–H groups in total. The predicted molar refractivity (Wildman–Crippen MR) is 105 cm³/mol. The summed E-state index contributed by atoms with van der Waals surface area (Å²) in [6.07, 6.45) is 6.06. The third kappa shape index (κ3) is 2.51. The maximum Gasteiger partial charge on any atom is 0.267 e. The molecule has 24 heavy (non-hydrogen) atoms. The van der Waals surface area contributed by atoms with Crippen molar-refractivity contribution in [3.63, 3.8) is 0 Å². The summed E-state index contributed by atoms with van der Waals surface area (Å²) < 4.78 is 2.21. The standard InChI is InChI=1S/C18H22BrN3OS/c1-21(2)13-9-8-12(19)16-14(13)15-17(24-16)18(23)22(10-20-15)11-6-4-3-5-7-11/h8-9,11,20H,3-7,10H2,1-2H3. The highest BCUT2D eigenvalue weighted by Gasteiger charge is 2.34. The van der Waals surface area contributed by atoms with Gasteiger partial charge in [0.2, 0.25) is 0 Å². The number of amides is 1. The molecule has 4 nitrogen and oxygen atoms in total. The van der Waals surface area contributed by atoms with Gasteiger partial charge in [-0.15, -0.1) is 11.3 Å². The fourth-order valence-electron chi connectivity index (χ4n) is 3.90. The van der Waals surface area contributed by atoms with E-state index in [9.17, 15) is 4.79 Å². The Morgan fingerprint density at radius 1 is 1.25 bits per heavy atom. The van der Waals surface area contributed by atoms with Gasteiger partial charge in [0.05, 0.1) is 17.1 Å². The van der Waals surface area contributed by atoms with E-state index in [1.54, 1.807) is 11.3 Å². The summed E-state index contributed by atoms with van der Waals surface area (Å²) in [4.78, 5) is 18.2. The Labute approximate surface area is 154 Å². The smallest absolute Gasteiger partial charge is 0.267 e. The first-order chi connectivity index (χ1) is 11.6.